The van der Waals surface area contributed by atoms with E-state index in [0.717, 1.165) is 16.5 Å². The van der Waals surface area contributed by atoms with Crippen molar-refractivity contribution in [2.45, 2.75) is 26.7 Å². The van der Waals surface area contributed by atoms with Gasteiger partial charge in [-0.05, 0) is 47.6 Å². The molecule has 0 aliphatic carbocycles. The molecule has 0 spiro atoms. The lowest BCUT2D eigenvalue weighted by Crippen LogP contribution is -2.10. The molecule has 3 nitrogen and oxygen atoms in total. The third kappa shape index (κ3) is 3.81. The molecule has 26 heavy (non-hydrogen) atoms. The van der Waals surface area contributed by atoms with Crippen LogP contribution in [0.1, 0.15) is 36.5 Å². The van der Waals surface area contributed by atoms with Crippen molar-refractivity contribution in [3.05, 3.63) is 71.3 Å². The lowest BCUT2D eigenvalue weighted by atomic mass is 9.98. The van der Waals surface area contributed by atoms with Crippen LogP contribution in [0.3, 0.4) is 0 Å². The van der Waals surface area contributed by atoms with Crippen LogP contribution in [0.2, 0.25) is 0 Å². The number of fused-ring (bicyclic) bond motifs is 1. The number of rotatable bonds is 6. The predicted octanol–water partition coefficient (Wildman–Crippen LogP) is 5.60. The number of hydrogen-bond donors (Lipinski definition) is 0. The van der Waals surface area contributed by atoms with Gasteiger partial charge in [0, 0.05) is 5.39 Å². The molecule has 0 aromatic heterocycles. The van der Waals surface area contributed by atoms with Crippen molar-refractivity contribution in [2.75, 3.05) is 13.2 Å². The van der Waals surface area contributed by atoms with Crippen LogP contribution in [-0.4, -0.2) is 13.2 Å². The van der Waals surface area contributed by atoms with Crippen molar-refractivity contribution in [1.29, 1.82) is 5.26 Å². The van der Waals surface area contributed by atoms with Gasteiger partial charge in [-0.3, -0.25) is 0 Å². The summed E-state index contributed by atoms with van der Waals surface area (Å²) in [6.45, 7) is 7.29. The Morgan fingerprint density at radius 2 is 1.73 bits per heavy atom. The van der Waals surface area contributed by atoms with Gasteiger partial charge in [-0.15, -0.1) is 0 Å². The van der Waals surface area contributed by atoms with E-state index in [1.54, 1.807) is 0 Å². The summed E-state index contributed by atoms with van der Waals surface area (Å²) in [5, 5.41) is 11.4. The summed E-state index contributed by atoms with van der Waals surface area (Å²) in [6.07, 6.45) is 0. The maximum absolute atomic E-state index is 9.49. The summed E-state index contributed by atoms with van der Waals surface area (Å²) >= 11 is 0. The Morgan fingerprint density at radius 1 is 0.962 bits per heavy atom. The summed E-state index contributed by atoms with van der Waals surface area (Å²) in [5.41, 5.74) is 3.14. The predicted molar refractivity (Wildman–Crippen MR) is 105 cm³/mol. The largest absolute Gasteiger partial charge is 0.490 e. The van der Waals surface area contributed by atoms with Crippen LogP contribution >= 0.6 is 0 Å². The second-order valence-electron chi connectivity index (χ2n) is 6.64. The second kappa shape index (κ2) is 7.93. The first-order chi connectivity index (χ1) is 12.6. The van der Waals surface area contributed by atoms with Crippen molar-refractivity contribution in [2.24, 2.45) is 0 Å². The van der Waals surface area contributed by atoms with E-state index in [9.17, 15) is 5.26 Å². The second-order valence-corrected chi connectivity index (χ2v) is 6.64. The monoisotopic (exact) mass is 345 g/mol. The zero-order chi connectivity index (χ0) is 18.5. The van der Waals surface area contributed by atoms with Gasteiger partial charge in [0.25, 0.3) is 0 Å². The standard InChI is InChI=1S/C23H23NO2/c1-16(2)20-10-9-19(14-17(20)3)25-12-13-26-23-11-8-18-6-4-5-7-21(18)22(23)15-24/h4-11,14,16H,12-13H2,1-3H3. The first kappa shape index (κ1) is 17.8. The quantitative estimate of drug-likeness (QED) is 0.546. The van der Waals surface area contributed by atoms with Crippen molar-refractivity contribution in [3.8, 4) is 17.6 Å². The van der Waals surface area contributed by atoms with Crippen LogP contribution in [0.4, 0.5) is 0 Å². The minimum atomic E-state index is 0.387. The molecule has 0 saturated heterocycles. The number of nitriles is 1. The zero-order valence-electron chi connectivity index (χ0n) is 15.5. The average Bonchev–Trinajstić information content (AvgIpc) is 2.64. The number of aryl methyl sites for hydroxylation is 1. The molecule has 3 rings (SSSR count). The van der Waals surface area contributed by atoms with Crippen LogP contribution in [0.25, 0.3) is 10.8 Å². The van der Waals surface area contributed by atoms with E-state index in [1.165, 1.54) is 11.1 Å². The van der Waals surface area contributed by atoms with Gasteiger partial charge < -0.3 is 9.47 Å². The van der Waals surface area contributed by atoms with E-state index in [-0.39, 0.29) is 0 Å². The number of nitrogens with zero attached hydrogens (tertiary/aromatic N) is 1. The molecule has 0 fully saturated rings. The van der Waals surface area contributed by atoms with Gasteiger partial charge in [0.1, 0.15) is 36.3 Å². The van der Waals surface area contributed by atoms with Crippen LogP contribution in [0.15, 0.2) is 54.6 Å². The fourth-order valence-electron chi connectivity index (χ4n) is 3.18. The fourth-order valence-corrected chi connectivity index (χ4v) is 3.18. The van der Waals surface area contributed by atoms with Gasteiger partial charge in [0.2, 0.25) is 0 Å². The molecular formula is C23H23NO2. The van der Waals surface area contributed by atoms with Gasteiger partial charge in [0.15, 0.2) is 0 Å². The van der Waals surface area contributed by atoms with Gasteiger partial charge in [-0.1, -0.05) is 50.2 Å². The van der Waals surface area contributed by atoms with Crippen molar-refractivity contribution < 1.29 is 9.47 Å². The van der Waals surface area contributed by atoms with Gasteiger partial charge >= 0.3 is 0 Å². The molecule has 0 aliphatic rings. The molecule has 3 aromatic carbocycles. The maximum atomic E-state index is 9.49. The van der Waals surface area contributed by atoms with Crippen molar-refractivity contribution >= 4 is 10.8 Å². The Hall–Kier alpha value is -2.99. The SMILES string of the molecule is Cc1cc(OCCOc2ccc3ccccc3c2C#N)ccc1C(C)C. The highest BCUT2D eigenvalue weighted by molar-refractivity contribution is 5.90. The van der Waals surface area contributed by atoms with E-state index in [1.807, 2.05) is 42.5 Å². The molecule has 0 unspecified atom stereocenters. The third-order valence-electron chi connectivity index (χ3n) is 4.48. The number of hydrogen-bond acceptors (Lipinski definition) is 3. The molecular weight excluding hydrogens is 322 g/mol. The highest BCUT2D eigenvalue weighted by Gasteiger charge is 2.09. The average molecular weight is 345 g/mol. The molecule has 3 aromatic rings. The first-order valence-electron chi connectivity index (χ1n) is 8.88. The molecule has 0 bridgehead atoms. The molecule has 0 aliphatic heterocycles. The lowest BCUT2D eigenvalue weighted by Gasteiger charge is -2.13. The molecule has 0 radical (unpaired) electrons. The lowest BCUT2D eigenvalue weighted by molar-refractivity contribution is 0.217. The van der Waals surface area contributed by atoms with Crippen LogP contribution < -0.4 is 9.47 Å². The normalized spacial score (nSPS) is 10.7. The third-order valence-corrected chi connectivity index (χ3v) is 4.48. The Morgan fingerprint density at radius 3 is 2.46 bits per heavy atom. The molecule has 0 atom stereocenters. The van der Waals surface area contributed by atoms with Crippen molar-refractivity contribution in [3.63, 3.8) is 0 Å². The smallest absolute Gasteiger partial charge is 0.137 e. The Labute approximate surface area is 154 Å². The van der Waals surface area contributed by atoms with E-state index < -0.39 is 0 Å². The Bertz CT molecular complexity index is 954. The zero-order valence-corrected chi connectivity index (χ0v) is 15.5. The molecule has 0 heterocycles. The molecule has 0 saturated carbocycles. The highest BCUT2D eigenvalue weighted by Crippen LogP contribution is 2.27. The highest BCUT2D eigenvalue weighted by atomic mass is 16.5. The maximum Gasteiger partial charge on any atom is 0.137 e. The van der Waals surface area contributed by atoms with E-state index in [0.29, 0.717) is 30.4 Å². The molecule has 132 valence electrons. The summed E-state index contributed by atoms with van der Waals surface area (Å²) in [5.74, 6) is 1.94. The number of benzene rings is 3. The van der Waals surface area contributed by atoms with E-state index >= 15 is 0 Å². The fraction of sp³-hybridized carbons (Fsp3) is 0.261. The summed E-state index contributed by atoms with van der Waals surface area (Å²) in [4.78, 5) is 0. The summed E-state index contributed by atoms with van der Waals surface area (Å²) in [7, 11) is 0. The van der Waals surface area contributed by atoms with Gasteiger partial charge in [-0.25, -0.2) is 0 Å². The first-order valence-corrected chi connectivity index (χ1v) is 8.88. The van der Waals surface area contributed by atoms with Crippen molar-refractivity contribution in [1.82, 2.24) is 0 Å². The molecule has 0 N–H and O–H groups in total. The summed E-state index contributed by atoms with van der Waals surface area (Å²) < 4.78 is 11.6. The minimum Gasteiger partial charge on any atom is -0.490 e. The summed E-state index contributed by atoms with van der Waals surface area (Å²) in [6, 6.07) is 20.1. The minimum absolute atomic E-state index is 0.387. The van der Waals surface area contributed by atoms with Crippen LogP contribution in [0.5, 0.6) is 11.5 Å². The van der Waals surface area contributed by atoms with Gasteiger partial charge in [0.05, 0.1) is 0 Å². The molecule has 0 amide bonds. The Balaban J connectivity index is 1.63. The van der Waals surface area contributed by atoms with Gasteiger partial charge in [-0.2, -0.15) is 5.26 Å². The van der Waals surface area contributed by atoms with Crippen LogP contribution in [-0.2, 0) is 0 Å². The van der Waals surface area contributed by atoms with E-state index in [2.05, 4.69) is 39.0 Å². The molecule has 3 heteroatoms. The number of ether oxygens (including phenoxy) is 2. The Kier molecular flexibility index (Phi) is 5.43. The van der Waals surface area contributed by atoms with Crippen LogP contribution in [0, 0.1) is 18.3 Å². The topological polar surface area (TPSA) is 42.2 Å². The van der Waals surface area contributed by atoms with E-state index in [4.69, 9.17) is 9.47 Å².